The number of anilines is 3. The Bertz CT molecular complexity index is 508. The molecule has 17 heavy (non-hydrogen) atoms. The van der Waals surface area contributed by atoms with Crippen molar-refractivity contribution in [1.29, 1.82) is 0 Å². The second kappa shape index (κ2) is 4.87. The Morgan fingerprint density at radius 2 is 1.88 bits per heavy atom. The zero-order chi connectivity index (χ0) is 12.3. The van der Waals surface area contributed by atoms with Crippen molar-refractivity contribution in [1.82, 2.24) is 4.98 Å². The highest BCUT2D eigenvalue weighted by atomic mass is 15.1. The van der Waals surface area contributed by atoms with Crippen molar-refractivity contribution in [3.8, 4) is 0 Å². The SMILES string of the molecule is CNc1cc(N(C)c2cccc(C)c2)ccn1. The molecule has 2 rings (SSSR count). The summed E-state index contributed by atoms with van der Waals surface area (Å²) in [4.78, 5) is 6.36. The normalized spacial score (nSPS) is 10.1. The summed E-state index contributed by atoms with van der Waals surface area (Å²) in [7, 11) is 3.93. The summed E-state index contributed by atoms with van der Waals surface area (Å²) in [5, 5.41) is 3.05. The highest BCUT2D eigenvalue weighted by molar-refractivity contribution is 5.65. The van der Waals surface area contributed by atoms with Gasteiger partial charge in [-0.1, -0.05) is 12.1 Å². The lowest BCUT2D eigenvalue weighted by Crippen LogP contribution is -2.10. The molecule has 0 atom stereocenters. The molecule has 0 aliphatic heterocycles. The van der Waals surface area contributed by atoms with Crippen molar-refractivity contribution in [2.24, 2.45) is 0 Å². The van der Waals surface area contributed by atoms with E-state index in [1.807, 2.05) is 25.4 Å². The van der Waals surface area contributed by atoms with E-state index in [2.05, 4.69) is 53.4 Å². The lowest BCUT2D eigenvalue weighted by Gasteiger charge is -2.20. The maximum Gasteiger partial charge on any atom is 0.127 e. The molecule has 0 saturated heterocycles. The molecule has 0 aliphatic carbocycles. The van der Waals surface area contributed by atoms with E-state index in [-0.39, 0.29) is 0 Å². The Balaban J connectivity index is 2.33. The molecular formula is C14H17N3. The first-order chi connectivity index (χ1) is 8.20. The van der Waals surface area contributed by atoms with Gasteiger partial charge in [-0.3, -0.25) is 0 Å². The zero-order valence-electron chi connectivity index (χ0n) is 10.4. The van der Waals surface area contributed by atoms with Gasteiger partial charge in [0.1, 0.15) is 5.82 Å². The van der Waals surface area contributed by atoms with Gasteiger partial charge in [0.25, 0.3) is 0 Å². The van der Waals surface area contributed by atoms with E-state index in [4.69, 9.17) is 0 Å². The summed E-state index contributed by atoms with van der Waals surface area (Å²) in [6.45, 7) is 2.10. The third-order valence-electron chi connectivity index (χ3n) is 2.78. The van der Waals surface area contributed by atoms with Gasteiger partial charge in [-0.25, -0.2) is 4.98 Å². The van der Waals surface area contributed by atoms with Gasteiger partial charge in [-0.05, 0) is 30.7 Å². The number of nitrogens with zero attached hydrogens (tertiary/aromatic N) is 2. The summed E-state index contributed by atoms with van der Waals surface area (Å²) in [6, 6.07) is 12.5. The Hall–Kier alpha value is -2.03. The van der Waals surface area contributed by atoms with Crippen molar-refractivity contribution in [2.75, 3.05) is 24.3 Å². The minimum absolute atomic E-state index is 0.877. The quantitative estimate of drug-likeness (QED) is 0.872. The predicted molar refractivity (Wildman–Crippen MR) is 73.0 cm³/mol. The van der Waals surface area contributed by atoms with Crippen molar-refractivity contribution in [3.63, 3.8) is 0 Å². The minimum atomic E-state index is 0.877. The Morgan fingerprint density at radius 3 is 2.59 bits per heavy atom. The van der Waals surface area contributed by atoms with Crippen molar-refractivity contribution >= 4 is 17.2 Å². The van der Waals surface area contributed by atoms with Gasteiger partial charge >= 0.3 is 0 Å². The fourth-order valence-electron chi connectivity index (χ4n) is 1.75. The standard InChI is InChI=1S/C14H17N3/c1-11-5-4-6-12(9-11)17(3)13-7-8-16-14(10-13)15-2/h4-10H,1-3H3,(H,15,16). The van der Waals surface area contributed by atoms with E-state index < -0.39 is 0 Å². The predicted octanol–water partition coefficient (Wildman–Crippen LogP) is 3.20. The lowest BCUT2D eigenvalue weighted by molar-refractivity contribution is 1.18. The maximum atomic E-state index is 4.21. The fraction of sp³-hybridized carbons (Fsp3) is 0.214. The molecule has 88 valence electrons. The van der Waals surface area contributed by atoms with Gasteiger partial charge < -0.3 is 10.2 Å². The largest absolute Gasteiger partial charge is 0.373 e. The van der Waals surface area contributed by atoms with Gasteiger partial charge in [0.2, 0.25) is 0 Å². The molecule has 0 unspecified atom stereocenters. The van der Waals surface area contributed by atoms with Crippen molar-refractivity contribution in [3.05, 3.63) is 48.2 Å². The smallest absolute Gasteiger partial charge is 0.127 e. The first-order valence-corrected chi connectivity index (χ1v) is 5.65. The van der Waals surface area contributed by atoms with Gasteiger partial charge in [0.05, 0.1) is 0 Å². The van der Waals surface area contributed by atoms with Crippen molar-refractivity contribution < 1.29 is 0 Å². The number of benzene rings is 1. The third-order valence-corrected chi connectivity index (χ3v) is 2.78. The monoisotopic (exact) mass is 227 g/mol. The number of aromatic nitrogens is 1. The van der Waals surface area contributed by atoms with Crippen LogP contribution in [0.3, 0.4) is 0 Å². The summed E-state index contributed by atoms with van der Waals surface area (Å²) < 4.78 is 0. The first kappa shape index (κ1) is 11.5. The third kappa shape index (κ3) is 2.56. The molecule has 0 amide bonds. The number of aryl methyl sites for hydroxylation is 1. The average molecular weight is 227 g/mol. The highest BCUT2D eigenvalue weighted by Crippen LogP contribution is 2.25. The van der Waals surface area contributed by atoms with Gasteiger partial charge in [-0.2, -0.15) is 0 Å². The molecule has 2 aromatic rings. The second-order valence-electron chi connectivity index (χ2n) is 4.05. The lowest BCUT2D eigenvalue weighted by atomic mass is 10.2. The van der Waals surface area contributed by atoms with Crippen LogP contribution < -0.4 is 10.2 Å². The zero-order valence-corrected chi connectivity index (χ0v) is 10.4. The molecule has 1 N–H and O–H groups in total. The highest BCUT2D eigenvalue weighted by Gasteiger charge is 2.04. The number of rotatable bonds is 3. The number of pyridine rings is 1. The van der Waals surface area contributed by atoms with E-state index in [1.165, 1.54) is 11.3 Å². The van der Waals surface area contributed by atoms with Crippen LogP contribution in [0.1, 0.15) is 5.56 Å². The van der Waals surface area contributed by atoms with Crippen LogP contribution in [-0.2, 0) is 0 Å². The summed E-state index contributed by atoms with van der Waals surface area (Å²) in [5.74, 6) is 0.877. The fourth-order valence-corrected chi connectivity index (χ4v) is 1.75. The van der Waals surface area contributed by atoms with Crippen LogP contribution in [0.2, 0.25) is 0 Å². The van der Waals surface area contributed by atoms with Gasteiger partial charge in [0.15, 0.2) is 0 Å². The van der Waals surface area contributed by atoms with Gasteiger partial charge in [0, 0.05) is 37.7 Å². The molecule has 0 aliphatic rings. The number of nitrogens with one attached hydrogen (secondary N) is 1. The molecule has 0 bridgehead atoms. The number of hydrogen-bond acceptors (Lipinski definition) is 3. The molecular weight excluding hydrogens is 210 g/mol. The van der Waals surface area contributed by atoms with Crippen LogP contribution in [0.5, 0.6) is 0 Å². The Labute approximate surface area is 102 Å². The molecule has 1 heterocycles. The maximum absolute atomic E-state index is 4.21. The van der Waals surface area contributed by atoms with E-state index in [0.717, 1.165) is 11.5 Å². The molecule has 3 heteroatoms. The topological polar surface area (TPSA) is 28.2 Å². The van der Waals surface area contributed by atoms with E-state index in [1.54, 1.807) is 0 Å². The summed E-state index contributed by atoms with van der Waals surface area (Å²) >= 11 is 0. The van der Waals surface area contributed by atoms with Crippen LogP contribution in [0, 0.1) is 6.92 Å². The van der Waals surface area contributed by atoms with E-state index in [9.17, 15) is 0 Å². The Morgan fingerprint density at radius 1 is 1.12 bits per heavy atom. The molecule has 1 aromatic carbocycles. The summed E-state index contributed by atoms with van der Waals surface area (Å²) in [6.07, 6.45) is 1.81. The second-order valence-corrected chi connectivity index (χ2v) is 4.05. The van der Waals surface area contributed by atoms with Crippen LogP contribution >= 0.6 is 0 Å². The first-order valence-electron chi connectivity index (χ1n) is 5.65. The van der Waals surface area contributed by atoms with Crippen molar-refractivity contribution in [2.45, 2.75) is 6.92 Å². The summed E-state index contributed by atoms with van der Waals surface area (Å²) in [5.41, 5.74) is 3.56. The molecule has 1 aromatic heterocycles. The average Bonchev–Trinajstić information content (AvgIpc) is 2.38. The van der Waals surface area contributed by atoms with E-state index in [0.29, 0.717) is 0 Å². The van der Waals surface area contributed by atoms with Crippen LogP contribution in [0.4, 0.5) is 17.2 Å². The molecule has 0 fully saturated rings. The molecule has 0 spiro atoms. The number of hydrogen-bond donors (Lipinski definition) is 1. The molecule has 0 radical (unpaired) electrons. The molecule has 0 saturated carbocycles. The van der Waals surface area contributed by atoms with Crippen LogP contribution in [0.15, 0.2) is 42.6 Å². The molecule has 3 nitrogen and oxygen atoms in total. The van der Waals surface area contributed by atoms with Crippen LogP contribution in [-0.4, -0.2) is 19.1 Å². The minimum Gasteiger partial charge on any atom is -0.373 e. The van der Waals surface area contributed by atoms with E-state index >= 15 is 0 Å². The Kier molecular flexibility index (Phi) is 3.28. The van der Waals surface area contributed by atoms with Crippen LogP contribution in [0.25, 0.3) is 0 Å². The van der Waals surface area contributed by atoms with Gasteiger partial charge in [-0.15, -0.1) is 0 Å².